The van der Waals surface area contributed by atoms with Crippen molar-refractivity contribution in [3.63, 3.8) is 0 Å². The first-order valence-corrected chi connectivity index (χ1v) is 11.4. The van der Waals surface area contributed by atoms with Crippen LogP contribution in [0.1, 0.15) is 33.6 Å². The number of piperidine rings is 1. The van der Waals surface area contributed by atoms with Crippen LogP contribution in [0.2, 0.25) is 0 Å². The Kier molecular flexibility index (Phi) is 6.11. The molecule has 1 amide bonds. The Bertz CT molecular complexity index is 1230. The number of nitrogens with one attached hydrogen (secondary N) is 1. The highest BCUT2D eigenvalue weighted by atomic mass is 32.1. The van der Waals surface area contributed by atoms with Crippen LogP contribution in [0.15, 0.2) is 39.9 Å². The molecule has 1 N–H and O–H groups in total. The number of carbonyl (C=O) groups excluding carboxylic acids is 1. The Hall–Kier alpha value is -2.71. The van der Waals surface area contributed by atoms with Crippen molar-refractivity contribution in [1.82, 2.24) is 19.4 Å². The monoisotopic (exact) mass is 440 g/mol. The van der Waals surface area contributed by atoms with Crippen LogP contribution in [0.3, 0.4) is 0 Å². The van der Waals surface area contributed by atoms with Crippen molar-refractivity contribution in [2.45, 2.75) is 26.3 Å². The Morgan fingerprint density at radius 1 is 1.13 bits per heavy atom. The third-order valence-electron chi connectivity index (χ3n) is 6.26. The third kappa shape index (κ3) is 4.36. The van der Waals surface area contributed by atoms with Gasteiger partial charge in [-0.2, -0.15) is 0 Å². The van der Waals surface area contributed by atoms with Crippen molar-refractivity contribution < 1.29 is 4.79 Å². The van der Waals surface area contributed by atoms with Crippen molar-refractivity contribution in [2.75, 3.05) is 19.6 Å². The molecule has 0 aliphatic carbocycles. The van der Waals surface area contributed by atoms with Gasteiger partial charge in [0.05, 0.1) is 10.3 Å². The minimum Gasteiger partial charge on any atom is -0.351 e. The van der Waals surface area contributed by atoms with Crippen LogP contribution in [0.5, 0.6) is 0 Å². The molecule has 0 saturated carbocycles. The summed E-state index contributed by atoms with van der Waals surface area (Å²) < 4.78 is 2.49. The largest absolute Gasteiger partial charge is 0.351 e. The minimum atomic E-state index is -0.385. The van der Waals surface area contributed by atoms with E-state index in [1.807, 2.05) is 0 Å². The molecule has 8 heteroatoms. The first kappa shape index (κ1) is 21.5. The van der Waals surface area contributed by atoms with Crippen LogP contribution in [-0.2, 0) is 20.6 Å². The molecule has 2 aromatic heterocycles. The summed E-state index contributed by atoms with van der Waals surface area (Å²) in [4.78, 5) is 40.6. The standard InChI is InChI=1S/C23H28N4O3S/c1-15-6-4-5-7-17(15)14-27-10-8-16(9-11-27)13-24-20(28)19-12-18-21(29)25(2)23(30)26(3)22(18)31-19/h4-7,12,16H,8-11,13-14H2,1-3H3,(H,24,28). The van der Waals surface area contributed by atoms with E-state index < -0.39 is 0 Å². The Labute approximate surface area is 184 Å². The molecule has 1 fully saturated rings. The SMILES string of the molecule is Cc1ccccc1CN1CCC(CNC(=O)c2cc3c(=O)n(C)c(=O)n(C)c3s2)CC1. The van der Waals surface area contributed by atoms with E-state index in [0.717, 1.165) is 37.0 Å². The van der Waals surface area contributed by atoms with Crippen LogP contribution in [0.4, 0.5) is 0 Å². The normalized spacial score (nSPS) is 15.5. The summed E-state index contributed by atoms with van der Waals surface area (Å²) in [5.41, 5.74) is 1.95. The van der Waals surface area contributed by atoms with Gasteiger partial charge in [-0.1, -0.05) is 24.3 Å². The highest BCUT2D eigenvalue weighted by Gasteiger charge is 2.21. The lowest BCUT2D eigenvalue weighted by Crippen LogP contribution is -2.38. The molecule has 1 aliphatic rings. The van der Waals surface area contributed by atoms with Gasteiger partial charge in [0, 0.05) is 27.2 Å². The van der Waals surface area contributed by atoms with Crippen molar-refractivity contribution in [1.29, 1.82) is 0 Å². The van der Waals surface area contributed by atoms with E-state index in [0.29, 0.717) is 27.6 Å². The fraction of sp³-hybridized carbons (Fsp3) is 0.435. The molecule has 0 spiro atoms. The summed E-state index contributed by atoms with van der Waals surface area (Å²) in [5, 5.41) is 3.43. The summed E-state index contributed by atoms with van der Waals surface area (Å²) in [5.74, 6) is 0.265. The molecule has 3 aromatic rings. The van der Waals surface area contributed by atoms with Gasteiger partial charge in [-0.3, -0.25) is 23.6 Å². The van der Waals surface area contributed by atoms with Gasteiger partial charge in [0.2, 0.25) is 0 Å². The zero-order chi connectivity index (χ0) is 22.1. The Morgan fingerprint density at radius 2 is 1.84 bits per heavy atom. The molecule has 0 radical (unpaired) electrons. The van der Waals surface area contributed by atoms with Gasteiger partial charge >= 0.3 is 5.69 Å². The second-order valence-corrected chi connectivity index (χ2v) is 9.42. The van der Waals surface area contributed by atoms with Crippen LogP contribution in [0.25, 0.3) is 10.2 Å². The molecule has 3 heterocycles. The van der Waals surface area contributed by atoms with Crippen molar-refractivity contribution >= 4 is 27.5 Å². The van der Waals surface area contributed by atoms with Crippen LogP contribution >= 0.6 is 11.3 Å². The van der Waals surface area contributed by atoms with Crippen molar-refractivity contribution in [3.8, 4) is 0 Å². The van der Waals surface area contributed by atoms with Crippen LogP contribution < -0.4 is 16.6 Å². The van der Waals surface area contributed by atoms with Gasteiger partial charge in [0.1, 0.15) is 4.83 Å². The molecule has 4 rings (SSSR count). The molecule has 1 saturated heterocycles. The number of likely N-dealkylation sites (tertiary alicyclic amines) is 1. The summed E-state index contributed by atoms with van der Waals surface area (Å²) in [7, 11) is 3.07. The van der Waals surface area contributed by atoms with Gasteiger partial charge in [0.25, 0.3) is 11.5 Å². The van der Waals surface area contributed by atoms with Gasteiger partial charge in [-0.15, -0.1) is 11.3 Å². The number of nitrogens with zero attached hydrogens (tertiary/aromatic N) is 3. The van der Waals surface area contributed by atoms with E-state index in [2.05, 4.69) is 41.4 Å². The number of rotatable bonds is 5. The molecular formula is C23H28N4O3S. The number of aryl methyl sites for hydroxylation is 2. The quantitative estimate of drug-likeness (QED) is 0.660. The molecule has 164 valence electrons. The lowest BCUT2D eigenvalue weighted by atomic mass is 9.96. The topological polar surface area (TPSA) is 76.3 Å². The maximum atomic E-state index is 12.7. The van der Waals surface area contributed by atoms with Crippen LogP contribution in [0, 0.1) is 12.8 Å². The number of benzene rings is 1. The van der Waals surface area contributed by atoms with E-state index in [-0.39, 0.29) is 17.2 Å². The molecule has 7 nitrogen and oxygen atoms in total. The highest BCUT2D eigenvalue weighted by molar-refractivity contribution is 7.20. The zero-order valence-electron chi connectivity index (χ0n) is 18.2. The smallest absolute Gasteiger partial charge is 0.331 e. The predicted octanol–water partition coefficient (Wildman–Crippen LogP) is 2.25. The molecular weight excluding hydrogens is 412 g/mol. The summed E-state index contributed by atoms with van der Waals surface area (Å²) in [6.07, 6.45) is 2.10. The van der Waals surface area contributed by atoms with Crippen molar-refractivity contribution in [2.24, 2.45) is 20.0 Å². The average molecular weight is 441 g/mol. The van der Waals surface area contributed by atoms with Gasteiger partial charge in [-0.05, 0) is 56.0 Å². The highest BCUT2D eigenvalue weighted by Crippen LogP contribution is 2.23. The average Bonchev–Trinajstić information content (AvgIpc) is 3.23. The molecule has 0 bridgehead atoms. The van der Waals surface area contributed by atoms with E-state index in [9.17, 15) is 14.4 Å². The predicted molar refractivity (Wildman–Crippen MR) is 124 cm³/mol. The lowest BCUT2D eigenvalue weighted by Gasteiger charge is -2.32. The second-order valence-electron chi connectivity index (χ2n) is 8.39. The third-order valence-corrected chi connectivity index (χ3v) is 7.47. The minimum absolute atomic E-state index is 0.182. The maximum absolute atomic E-state index is 12.7. The fourth-order valence-corrected chi connectivity index (χ4v) is 5.20. The summed E-state index contributed by atoms with van der Waals surface area (Å²) >= 11 is 1.19. The van der Waals surface area contributed by atoms with Gasteiger partial charge in [-0.25, -0.2) is 4.79 Å². The van der Waals surface area contributed by atoms with Gasteiger partial charge < -0.3 is 5.32 Å². The molecule has 31 heavy (non-hydrogen) atoms. The number of fused-ring (bicyclic) bond motifs is 1. The number of hydrogen-bond acceptors (Lipinski definition) is 5. The van der Waals surface area contributed by atoms with Gasteiger partial charge in [0.15, 0.2) is 0 Å². The van der Waals surface area contributed by atoms with Crippen molar-refractivity contribution in [3.05, 3.63) is 67.2 Å². The molecule has 1 aliphatic heterocycles. The second kappa shape index (κ2) is 8.80. The Morgan fingerprint density at radius 3 is 2.55 bits per heavy atom. The van der Waals surface area contributed by atoms with E-state index in [1.165, 1.54) is 34.1 Å². The first-order valence-electron chi connectivity index (χ1n) is 10.6. The molecule has 0 atom stereocenters. The number of carbonyl (C=O) groups is 1. The fourth-order valence-electron chi connectivity index (χ4n) is 4.18. The number of hydrogen-bond donors (Lipinski definition) is 1. The molecule has 1 aromatic carbocycles. The summed E-state index contributed by atoms with van der Waals surface area (Å²) in [6, 6.07) is 10.1. The zero-order valence-corrected chi connectivity index (χ0v) is 19.0. The molecule has 0 unspecified atom stereocenters. The van der Waals surface area contributed by atoms with E-state index in [4.69, 9.17) is 0 Å². The van der Waals surface area contributed by atoms with E-state index >= 15 is 0 Å². The van der Waals surface area contributed by atoms with E-state index in [1.54, 1.807) is 13.1 Å². The number of amides is 1. The van der Waals surface area contributed by atoms with Crippen LogP contribution in [-0.4, -0.2) is 39.6 Å². The lowest BCUT2D eigenvalue weighted by molar-refractivity contribution is 0.0939. The summed E-state index contributed by atoms with van der Waals surface area (Å²) in [6.45, 7) is 5.80. The number of thiophene rings is 1. The Balaban J connectivity index is 1.34. The maximum Gasteiger partial charge on any atom is 0.331 e. The first-order chi connectivity index (χ1) is 14.8. The number of aromatic nitrogens is 2.